The van der Waals surface area contributed by atoms with Gasteiger partial charge in [-0.25, -0.2) is 0 Å². The van der Waals surface area contributed by atoms with Gasteiger partial charge in [0.05, 0.1) is 32.9 Å². The standard InChI is InChI=1S/C29H27NO8/c1-34-22-14-19(15-23(35-2)28(22)36-3)25-24(26(31)18-9-10-20-21(13-18)38-12-11-37-20)27(32)29(33)30(25)16-17-7-5-4-6-8-17/h4-10,13-15,25,31H,11-12,16H2,1-3H3/t25-/m1/s1. The molecule has 1 amide bonds. The SMILES string of the molecule is COc1cc([C@@H]2C(=C(O)c3ccc4c(c3)OCCO4)C(=O)C(=O)N2Cc2ccccc2)cc(OC)c1OC. The van der Waals surface area contributed by atoms with Gasteiger partial charge in [-0.3, -0.25) is 9.59 Å². The Morgan fingerprint density at radius 3 is 2.18 bits per heavy atom. The van der Waals surface area contributed by atoms with E-state index in [1.54, 1.807) is 30.3 Å². The number of likely N-dealkylation sites (tertiary alicyclic amines) is 1. The molecule has 1 atom stereocenters. The molecule has 2 aliphatic heterocycles. The van der Waals surface area contributed by atoms with Crippen LogP contribution in [0.15, 0.2) is 66.2 Å². The number of methoxy groups -OCH3 is 3. The third-order valence-electron chi connectivity index (χ3n) is 6.55. The van der Waals surface area contributed by atoms with E-state index in [1.807, 2.05) is 30.3 Å². The molecule has 1 N–H and O–H groups in total. The van der Waals surface area contributed by atoms with E-state index in [4.69, 9.17) is 23.7 Å². The van der Waals surface area contributed by atoms with E-state index in [0.29, 0.717) is 53.1 Å². The molecule has 3 aromatic rings. The van der Waals surface area contributed by atoms with Gasteiger partial charge in [0.2, 0.25) is 5.75 Å². The summed E-state index contributed by atoms with van der Waals surface area (Å²) < 4.78 is 27.7. The Morgan fingerprint density at radius 1 is 0.895 bits per heavy atom. The van der Waals surface area contributed by atoms with Gasteiger partial charge in [0.1, 0.15) is 19.0 Å². The first kappa shape index (κ1) is 25.0. The van der Waals surface area contributed by atoms with Crippen molar-refractivity contribution in [2.24, 2.45) is 0 Å². The van der Waals surface area contributed by atoms with Crippen LogP contribution in [0, 0.1) is 0 Å². The molecule has 196 valence electrons. The van der Waals surface area contributed by atoms with Crippen molar-refractivity contribution in [3.05, 3.63) is 82.9 Å². The smallest absolute Gasteiger partial charge is 0.295 e. The number of hydrogen-bond acceptors (Lipinski definition) is 8. The minimum atomic E-state index is -0.933. The fourth-order valence-electron chi connectivity index (χ4n) is 4.78. The van der Waals surface area contributed by atoms with Gasteiger partial charge >= 0.3 is 0 Å². The summed E-state index contributed by atoms with van der Waals surface area (Å²) in [6.45, 7) is 0.929. The summed E-state index contributed by atoms with van der Waals surface area (Å²) >= 11 is 0. The first-order chi connectivity index (χ1) is 18.5. The van der Waals surface area contributed by atoms with Crippen molar-refractivity contribution in [3.63, 3.8) is 0 Å². The van der Waals surface area contributed by atoms with Crippen molar-refractivity contribution in [2.75, 3.05) is 34.5 Å². The molecular weight excluding hydrogens is 490 g/mol. The molecule has 3 aromatic carbocycles. The van der Waals surface area contributed by atoms with Gasteiger partial charge in [0.25, 0.3) is 11.7 Å². The fourth-order valence-corrected chi connectivity index (χ4v) is 4.78. The molecule has 38 heavy (non-hydrogen) atoms. The second-order valence-electron chi connectivity index (χ2n) is 8.73. The highest BCUT2D eigenvalue weighted by atomic mass is 16.6. The second kappa shape index (κ2) is 10.4. The summed E-state index contributed by atoms with van der Waals surface area (Å²) in [5, 5.41) is 11.5. The van der Waals surface area contributed by atoms with Crippen LogP contribution in [0.2, 0.25) is 0 Å². The quantitative estimate of drug-likeness (QED) is 0.284. The maximum Gasteiger partial charge on any atom is 0.295 e. The first-order valence-electron chi connectivity index (χ1n) is 12.0. The number of nitrogens with zero attached hydrogens (tertiary/aromatic N) is 1. The van der Waals surface area contributed by atoms with Crippen molar-refractivity contribution in [1.82, 2.24) is 4.90 Å². The lowest BCUT2D eigenvalue weighted by Gasteiger charge is -2.27. The molecule has 0 saturated carbocycles. The Hall–Kier alpha value is -4.66. The van der Waals surface area contributed by atoms with Crippen LogP contribution in [0.25, 0.3) is 5.76 Å². The van der Waals surface area contributed by atoms with Crippen molar-refractivity contribution in [3.8, 4) is 28.7 Å². The summed E-state index contributed by atoms with van der Waals surface area (Å²) in [7, 11) is 4.46. The van der Waals surface area contributed by atoms with Crippen LogP contribution >= 0.6 is 0 Å². The van der Waals surface area contributed by atoms with Gasteiger partial charge in [-0.05, 0) is 41.5 Å². The fraction of sp³-hybridized carbons (Fsp3) is 0.241. The minimum Gasteiger partial charge on any atom is -0.507 e. The second-order valence-corrected chi connectivity index (χ2v) is 8.73. The highest BCUT2D eigenvalue weighted by molar-refractivity contribution is 6.46. The number of ketones is 1. The predicted octanol–water partition coefficient (Wildman–Crippen LogP) is 4.11. The van der Waals surface area contributed by atoms with Crippen molar-refractivity contribution >= 4 is 17.4 Å². The van der Waals surface area contributed by atoms with E-state index >= 15 is 0 Å². The van der Waals surface area contributed by atoms with Crippen molar-refractivity contribution in [1.29, 1.82) is 0 Å². The number of aliphatic hydroxyl groups excluding tert-OH is 1. The van der Waals surface area contributed by atoms with Gasteiger partial charge in [-0.15, -0.1) is 0 Å². The van der Waals surface area contributed by atoms with E-state index in [2.05, 4.69) is 0 Å². The molecule has 0 radical (unpaired) electrons. The Morgan fingerprint density at radius 2 is 1.55 bits per heavy atom. The maximum atomic E-state index is 13.5. The largest absolute Gasteiger partial charge is 0.507 e. The zero-order valence-corrected chi connectivity index (χ0v) is 21.2. The van der Waals surface area contributed by atoms with E-state index < -0.39 is 17.7 Å². The number of amides is 1. The minimum absolute atomic E-state index is 0.0584. The summed E-state index contributed by atoms with van der Waals surface area (Å²) in [5.41, 5.74) is 1.60. The maximum absolute atomic E-state index is 13.5. The molecule has 5 rings (SSSR count). The molecule has 1 saturated heterocycles. The van der Waals surface area contributed by atoms with Crippen LogP contribution in [0.4, 0.5) is 0 Å². The molecule has 0 aliphatic carbocycles. The van der Waals surface area contributed by atoms with Crippen LogP contribution < -0.4 is 23.7 Å². The van der Waals surface area contributed by atoms with Crippen LogP contribution in [0.3, 0.4) is 0 Å². The number of benzene rings is 3. The topological polar surface area (TPSA) is 104 Å². The highest BCUT2D eigenvalue weighted by Crippen LogP contribution is 2.46. The molecule has 9 nitrogen and oxygen atoms in total. The molecular formula is C29H27NO8. The number of carbonyl (C=O) groups excluding carboxylic acids is 2. The zero-order valence-electron chi connectivity index (χ0n) is 21.2. The number of Topliss-reactive ketones (excluding diaryl/α,β-unsaturated/α-hetero) is 1. The number of hydrogen-bond donors (Lipinski definition) is 1. The number of rotatable bonds is 7. The Labute approximate surface area is 219 Å². The lowest BCUT2D eigenvalue weighted by Crippen LogP contribution is -2.29. The molecule has 0 unspecified atom stereocenters. The Balaban J connectivity index is 1.70. The van der Waals surface area contributed by atoms with E-state index in [9.17, 15) is 14.7 Å². The number of ether oxygens (including phenoxy) is 5. The lowest BCUT2D eigenvalue weighted by molar-refractivity contribution is -0.140. The number of fused-ring (bicyclic) bond motifs is 1. The van der Waals surface area contributed by atoms with E-state index in [0.717, 1.165) is 5.56 Å². The van der Waals surface area contributed by atoms with Crippen LogP contribution in [0.1, 0.15) is 22.7 Å². The zero-order chi connectivity index (χ0) is 26.8. The van der Waals surface area contributed by atoms with Crippen LogP contribution in [0.5, 0.6) is 28.7 Å². The number of aliphatic hydroxyl groups is 1. The van der Waals surface area contributed by atoms with Crippen molar-refractivity contribution in [2.45, 2.75) is 12.6 Å². The molecule has 9 heteroatoms. The van der Waals surface area contributed by atoms with Gasteiger partial charge < -0.3 is 33.7 Å². The summed E-state index contributed by atoms with van der Waals surface area (Å²) in [4.78, 5) is 28.3. The summed E-state index contributed by atoms with van der Waals surface area (Å²) in [6.07, 6.45) is 0. The van der Waals surface area contributed by atoms with E-state index in [-0.39, 0.29) is 17.9 Å². The monoisotopic (exact) mass is 517 g/mol. The van der Waals surface area contributed by atoms with Crippen molar-refractivity contribution < 1.29 is 38.4 Å². The van der Waals surface area contributed by atoms with Gasteiger partial charge in [-0.2, -0.15) is 0 Å². The molecule has 0 aromatic heterocycles. The molecule has 0 bridgehead atoms. The third kappa shape index (κ3) is 4.36. The lowest BCUT2D eigenvalue weighted by atomic mass is 9.94. The summed E-state index contributed by atoms with van der Waals surface area (Å²) in [5.74, 6) is 0.207. The molecule has 2 aliphatic rings. The molecule has 0 spiro atoms. The average Bonchev–Trinajstić information content (AvgIpc) is 3.21. The van der Waals surface area contributed by atoms with E-state index in [1.165, 1.54) is 26.2 Å². The van der Waals surface area contributed by atoms with Crippen LogP contribution in [-0.2, 0) is 16.1 Å². The summed E-state index contributed by atoms with van der Waals surface area (Å²) in [6, 6.07) is 16.6. The first-order valence-corrected chi connectivity index (χ1v) is 12.0. The van der Waals surface area contributed by atoms with Gasteiger partial charge in [-0.1, -0.05) is 30.3 Å². The van der Waals surface area contributed by atoms with Crippen LogP contribution in [-0.4, -0.2) is 56.2 Å². The van der Waals surface area contributed by atoms with Gasteiger partial charge in [0.15, 0.2) is 23.0 Å². The predicted molar refractivity (Wildman–Crippen MR) is 138 cm³/mol. The third-order valence-corrected chi connectivity index (χ3v) is 6.55. The van der Waals surface area contributed by atoms with Gasteiger partial charge in [0, 0.05) is 12.1 Å². The highest BCUT2D eigenvalue weighted by Gasteiger charge is 2.46. The molecule has 1 fully saturated rings. The Kier molecular flexibility index (Phi) is 6.83. The number of carbonyl (C=O) groups is 2. The average molecular weight is 518 g/mol. The Bertz CT molecular complexity index is 1390. The normalized spacial score (nSPS) is 17.9. The molecule has 2 heterocycles.